The van der Waals surface area contributed by atoms with Crippen molar-refractivity contribution in [2.45, 2.75) is 30.1 Å². The number of nitrogens with zero attached hydrogens (tertiary/aromatic N) is 3. The lowest BCUT2D eigenvalue weighted by atomic mass is 10.2. The third-order valence-electron chi connectivity index (χ3n) is 3.34. The third-order valence-corrected chi connectivity index (χ3v) is 3.90. The standard InChI is InChI=1S/C11H16N4S/c1-16-11-12-5-4-10(14-11)15-6-8-2-3-9(7-15)13-8/h4-5,8-9,13H,2-3,6-7H2,1H3. The highest BCUT2D eigenvalue weighted by atomic mass is 32.2. The summed E-state index contributed by atoms with van der Waals surface area (Å²) in [6, 6.07) is 3.34. The topological polar surface area (TPSA) is 41.1 Å². The second kappa shape index (κ2) is 4.22. The first kappa shape index (κ1) is 10.4. The Hall–Kier alpha value is -0.810. The molecule has 2 fully saturated rings. The van der Waals surface area contributed by atoms with Crippen molar-refractivity contribution in [2.24, 2.45) is 0 Å². The minimum absolute atomic E-state index is 0.659. The molecule has 86 valence electrons. The van der Waals surface area contributed by atoms with Crippen LogP contribution in [0.5, 0.6) is 0 Å². The van der Waals surface area contributed by atoms with Gasteiger partial charge in [0.1, 0.15) is 5.82 Å². The zero-order valence-electron chi connectivity index (χ0n) is 9.39. The maximum atomic E-state index is 4.56. The molecule has 3 rings (SSSR count). The summed E-state index contributed by atoms with van der Waals surface area (Å²) in [5.41, 5.74) is 0. The van der Waals surface area contributed by atoms with Gasteiger partial charge in [0.05, 0.1) is 0 Å². The number of rotatable bonds is 2. The lowest BCUT2D eigenvalue weighted by molar-refractivity contribution is 0.462. The molecular weight excluding hydrogens is 220 g/mol. The van der Waals surface area contributed by atoms with Gasteiger partial charge in [-0.25, -0.2) is 9.97 Å². The molecule has 1 aromatic rings. The van der Waals surface area contributed by atoms with Crippen LogP contribution in [-0.2, 0) is 0 Å². The molecule has 0 radical (unpaired) electrons. The van der Waals surface area contributed by atoms with Gasteiger partial charge in [-0.2, -0.15) is 0 Å². The molecule has 5 heteroatoms. The lowest BCUT2D eigenvalue weighted by Gasteiger charge is -2.33. The van der Waals surface area contributed by atoms with E-state index in [0.717, 1.165) is 24.1 Å². The zero-order chi connectivity index (χ0) is 11.0. The van der Waals surface area contributed by atoms with Crippen molar-refractivity contribution in [3.05, 3.63) is 12.3 Å². The third kappa shape index (κ3) is 1.89. The molecule has 0 saturated carbocycles. The Morgan fingerprint density at radius 3 is 2.81 bits per heavy atom. The summed E-state index contributed by atoms with van der Waals surface area (Å²) in [4.78, 5) is 11.2. The Bertz CT molecular complexity index is 372. The van der Waals surface area contributed by atoms with E-state index in [1.165, 1.54) is 12.8 Å². The van der Waals surface area contributed by atoms with Gasteiger partial charge in [0.15, 0.2) is 5.16 Å². The summed E-state index contributed by atoms with van der Waals surface area (Å²) in [5.74, 6) is 1.08. The van der Waals surface area contributed by atoms with Crippen LogP contribution in [-0.4, -0.2) is 41.4 Å². The molecule has 2 unspecified atom stereocenters. The average Bonchev–Trinajstić information content (AvgIpc) is 2.68. The Labute approximate surface area is 99.8 Å². The Balaban J connectivity index is 1.81. The Morgan fingerprint density at radius 1 is 1.38 bits per heavy atom. The van der Waals surface area contributed by atoms with Crippen LogP contribution in [0.1, 0.15) is 12.8 Å². The monoisotopic (exact) mass is 236 g/mol. The van der Waals surface area contributed by atoms with E-state index in [2.05, 4.69) is 20.2 Å². The molecule has 1 N–H and O–H groups in total. The first-order chi connectivity index (χ1) is 7.85. The van der Waals surface area contributed by atoms with Crippen molar-refractivity contribution >= 4 is 17.6 Å². The van der Waals surface area contributed by atoms with Crippen molar-refractivity contribution < 1.29 is 0 Å². The van der Waals surface area contributed by atoms with E-state index in [9.17, 15) is 0 Å². The molecule has 16 heavy (non-hydrogen) atoms. The number of anilines is 1. The zero-order valence-corrected chi connectivity index (χ0v) is 10.2. The van der Waals surface area contributed by atoms with Gasteiger partial charge >= 0.3 is 0 Å². The summed E-state index contributed by atoms with van der Waals surface area (Å²) in [7, 11) is 0. The summed E-state index contributed by atoms with van der Waals surface area (Å²) >= 11 is 1.60. The number of piperazine rings is 1. The van der Waals surface area contributed by atoms with E-state index >= 15 is 0 Å². The van der Waals surface area contributed by atoms with Gasteiger partial charge in [0, 0.05) is 31.4 Å². The summed E-state index contributed by atoms with van der Waals surface area (Å²) in [6.07, 6.45) is 6.49. The van der Waals surface area contributed by atoms with Crippen LogP contribution in [0.2, 0.25) is 0 Å². The van der Waals surface area contributed by atoms with E-state index in [-0.39, 0.29) is 0 Å². The fourth-order valence-corrected chi connectivity index (χ4v) is 2.94. The molecule has 2 saturated heterocycles. The molecule has 2 aliphatic rings. The highest BCUT2D eigenvalue weighted by molar-refractivity contribution is 7.98. The highest BCUT2D eigenvalue weighted by Gasteiger charge is 2.32. The summed E-state index contributed by atoms with van der Waals surface area (Å²) < 4.78 is 0. The van der Waals surface area contributed by atoms with Gasteiger partial charge in [-0.05, 0) is 25.2 Å². The van der Waals surface area contributed by atoms with Crippen molar-refractivity contribution in [1.82, 2.24) is 15.3 Å². The minimum atomic E-state index is 0.659. The molecule has 0 spiro atoms. The van der Waals surface area contributed by atoms with Crippen molar-refractivity contribution in [1.29, 1.82) is 0 Å². The Kier molecular flexibility index (Phi) is 2.73. The predicted molar refractivity (Wildman–Crippen MR) is 66.0 cm³/mol. The first-order valence-electron chi connectivity index (χ1n) is 5.73. The van der Waals surface area contributed by atoms with Gasteiger partial charge in [-0.3, -0.25) is 0 Å². The molecule has 0 aromatic carbocycles. The van der Waals surface area contributed by atoms with Crippen LogP contribution in [0, 0.1) is 0 Å². The van der Waals surface area contributed by atoms with Crippen molar-refractivity contribution in [2.75, 3.05) is 24.2 Å². The number of thioether (sulfide) groups is 1. The summed E-state index contributed by atoms with van der Waals surface area (Å²) in [6.45, 7) is 2.17. The molecule has 2 bridgehead atoms. The van der Waals surface area contributed by atoms with E-state index in [0.29, 0.717) is 12.1 Å². The molecule has 4 nitrogen and oxygen atoms in total. The van der Waals surface area contributed by atoms with Crippen LogP contribution >= 0.6 is 11.8 Å². The van der Waals surface area contributed by atoms with Gasteiger partial charge in [-0.1, -0.05) is 11.8 Å². The van der Waals surface area contributed by atoms with Gasteiger partial charge in [0.2, 0.25) is 0 Å². The van der Waals surface area contributed by atoms with E-state index in [1.807, 2.05) is 18.5 Å². The fourth-order valence-electron chi connectivity index (χ4n) is 2.59. The van der Waals surface area contributed by atoms with E-state index in [4.69, 9.17) is 0 Å². The van der Waals surface area contributed by atoms with Gasteiger partial charge in [-0.15, -0.1) is 0 Å². The number of hydrogen-bond donors (Lipinski definition) is 1. The van der Waals surface area contributed by atoms with Crippen molar-refractivity contribution in [3.63, 3.8) is 0 Å². The maximum absolute atomic E-state index is 4.56. The number of fused-ring (bicyclic) bond motifs is 2. The second-order valence-corrected chi connectivity index (χ2v) is 5.22. The molecule has 2 aliphatic heterocycles. The average molecular weight is 236 g/mol. The minimum Gasteiger partial charge on any atom is -0.353 e. The van der Waals surface area contributed by atoms with Gasteiger partial charge in [0.25, 0.3) is 0 Å². The van der Waals surface area contributed by atoms with E-state index < -0.39 is 0 Å². The lowest BCUT2D eigenvalue weighted by Crippen LogP contribution is -2.51. The quantitative estimate of drug-likeness (QED) is 0.616. The second-order valence-electron chi connectivity index (χ2n) is 4.44. The number of aromatic nitrogens is 2. The largest absolute Gasteiger partial charge is 0.353 e. The summed E-state index contributed by atoms with van der Waals surface area (Å²) in [5, 5.41) is 4.49. The number of hydrogen-bond acceptors (Lipinski definition) is 5. The van der Waals surface area contributed by atoms with Crippen LogP contribution in [0.25, 0.3) is 0 Å². The van der Waals surface area contributed by atoms with Crippen molar-refractivity contribution in [3.8, 4) is 0 Å². The molecular formula is C11H16N4S. The van der Waals surface area contributed by atoms with Gasteiger partial charge < -0.3 is 10.2 Å². The van der Waals surface area contributed by atoms with Crippen LogP contribution < -0.4 is 10.2 Å². The van der Waals surface area contributed by atoms with Crippen LogP contribution in [0.15, 0.2) is 17.4 Å². The van der Waals surface area contributed by atoms with Crippen LogP contribution in [0.4, 0.5) is 5.82 Å². The normalized spacial score (nSPS) is 28.4. The smallest absolute Gasteiger partial charge is 0.189 e. The van der Waals surface area contributed by atoms with E-state index in [1.54, 1.807) is 11.8 Å². The molecule has 0 aliphatic carbocycles. The number of nitrogens with one attached hydrogen (secondary N) is 1. The van der Waals surface area contributed by atoms with Crippen LogP contribution in [0.3, 0.4) is 0 Å². The molecule has 0 amide bonds. The highest BCUT2D eigenvalue weighted by Crippen LogP contribution is 2.24. The Morgan fingerprint density at radius 2 is 2.12 bits per heavy atom. The predicted octanol–water partition coefficient (Wildman–Crippen LogP) is 1.14. The first-order valence-corrected chi connectivity index (χ1v) is 6.95. The molecule has 2 atom stereocenters. The molecule has 1 aromatic heterocycles. The maximum Gasteiger partial charge on any atom is 0.189 e. The SMILES string of the molecule is CSc1nccc(N2CC3CCC(C2)N3)n1. The fraction of sp³-hybridized carbons (Fsp3) is 0.636. The molecule has 3 heterocycles.